The van der Waals surface area contributed by atoms with Crippen LogP contribution in [0.5, 0.6) is 0 Å². The van der Waals surface area contributed by atoms with Gasteiger partial charge in [0.25, 0.3) is 11.8 Å². The molecule has 0 spiro atoms. The lowest BCUT2D eigenvalue weighted by molar-refractivity contribution is -0.118. The van der Waals surface area contributed by atoms with Crippen LogP contribution >= 0.6 is 23.8 Å². The van der Waals surface area contributed by atoms with Crippen LogP contribution in [-0.2, 0) is 4.79 Å². The Labute approximate surface area is 172 Å². The molecule has 0 aliphatic heterocycles. The molecule has 0 saturated carbocycles. The summed E-state index contributed by atoms with van der Waals surface area (Å²) >= 11 is 10.8. The van der Waals surface area contributed by atoms with E-state index in [0.717, 1.165) is 0 Å². The Kier molecular flexibility index (Phi) is 7.48. The van der Waals surface area contributed by atoms with E-state index in [1.807, 2.05) is 0 Å². The maximum atomic E-state index is 12.1. The van der Waals surface area contributed by atoms with Crippen LogP contribution in [0.3, 0.4) is 0 Å². The second kappa shape index (κ2) is 9.82. The van der Waals surface area contributed by atoms with E-state index in [1.165, 1.54) is 0 Å². The second-order valence-electron chi connectivity index (χ2n) is 6.09. The van der Waals surface area contributed by atoms with Gasteiger partial charge in [0.15, 0.2) is 5.11 Å². The highest BCUT2D eigenvalue weighted by molar-refractivity contribution is 7.80. The van der Waals surface area contributed by atoms with Crippen LogP contribution < -0.4 is 21.5 Å². The SMILES string of the molecule is CC(C)C(=O)Nc1ccc(C(=O)NNC(=S)NC(=O)c2ccc(Cl)cc2)cc1. The van der Waals surface area contributed by atoms with Crippen molar-refractivity contribution < 1.29 is 14.4 Å². The van der Waals surface area contributed by atoms with Gasteiger partial charge in [-0.2, -0.15) is 0 Å². The van der Waals surface area contributed by atoms with Crippen molar-refractivity contribution in [3.63, 3.8) is 0 Å². The fourth-order valence-corrected chi connectivity index (χ4v) is 2.25. The third kappa shape index (κ3) is 6.33. The van der Waals surface area contributed by atoms with Gasteiger partial charge in [-0.1, -0.05) is 25.4 Å². The largest absolute Gasteiger partial charge is 0.326 e. The average Bonchev–Trinajstić information content (AvgIpc) is 2.67. The van der Waals surface area contributed by atoms with E-state index in [1.54, 1.807) is 62.4 Å². The van der Waals surface area contributed by atoms with Crippen LogP contribution in [-0.4, -0.2) is 22.8 Å². The van der Waals surface area contributed by atoms with Crippen molar-refractivity contribution in [3.8, 4) is 0 Å². The number of halogens is 1. The Morgan fingerprint density at radius 3 is 1.96 bits per heavy atom. The summed E-state index contributed by atoms with van der Waals surface area (Å²) in [4.78, 5) is 35.8. The molecule has 0 bridgehead atoms. The maximum Gasteiger partial charge on any atom is 0.269 e. The summed E-state index contributed by atoms with van der Waals surface area (Å²) in [5.74, 6) is -1.14. The van der Waals surface area contributed by atoms with E-state index in [9.17, 15) is 14.4 Å². The normalized spacial score (nSPS) is 10.1. The van der Waals surface area contributed by atoms with Gasteiger partial charge in [-0.25, -0.2) is 0 Å². The predicted molar refractivity (Wildman–Crippen MR) is 112 cm³/mol. The number of amides is 3. The Balaban J connectivity index is 1.84. The summed E-state index contributed by atoms with van der Waals surface area (Å²) in [6, 6.07) is 12.6. The highest BCUT2D eigenvalue weighted by Crippen LogP contribution is 2.11. The Bertz CT molecular complexity index is 883. The molecular weight excluding hydrogens is 400 g/mol. The van der Waals surface area contributed by atoms with Gasteiger partial charge in [0.1, 0.15) is 0 Å². The van der Waals surface area contributed by atoms with Crippen molar-refractivity contribution in [3.05, 3.63) is 64.7 Å². The number of hydrogen-bond donors (Lipinski definition) is 4. The summed E-state index contributed by atoms with van der Waals surface area (Å²) in [5.41, 5.74) is 6.16. The fourth-order valence-electron chi connectivity index (χ4n) is 1.99. The number of carbonyl (C=O) groups excluding carboxylic acids is 3. The van der Waals surface area contributed by atoms with Gasteiger partial charge in [0.2, 0.25) is 5.91 Å². The number of benzene rings is 2. The molecule has 0 atom stereocenters. The topological polar surface area (TPSA) is 99.3 Å². The third-order valence-electron chi connectivity index (χ3n) is 3.56. The van der Waals surface area contributed by atoms with Gasteiger partial charge < -0.3 is 5.32 Å². The minimum atomic E-state index is -0.454. The van der Waals surface area contributed by atoms with Crippen LogP contribution in [0.4, 0.5) is 5.69 Å². The number of rotatable bonds is 4. The summed E-state index contributed by atoms with van der Waals surface area (Å²) in [7, 11) is 0. The molecule has 0 saturated heterocycles. The smallest absolute Gasteiger partial charge is 0.269 e. The quantitative estimate of drug-likeness (QED) is 0.452. The first-order valence-electron chi connectivity index (χ1n) is 8.34. The maximum absolute atomic E-state index is 12.1. The number of carbonyl (C=O) groups is 3. The third-order valence-corrected chi connectivity index (χ3v) is 4.02. The van der Waals surface area contributed by atoms with Crippen molar-refractivity contribution in [2.75, 3.05) is 5.32 Å². The number of anilines is 1. The fraction of sp³-hybridized carbons (Fsp3) is 0.158. The molecule has 0 fully saturated rings. The zero-order valence-electron chi connectivity index (χ0n) is 15.2. The summed E-state index contributed by atoms with van der Waals surface area (Å²) < 4.78 is 0. The van der Waals surface area contributed by atoms with Gasteiger partial charge in [-0.05, 0) is 60.7 Å². The lowest BCUT2D eigenvalue weighted by Crippen LogP contribution is -2.48. The molecule has 28 heavy (non-hydrogen) atoms. The standard InChI is InChI=1S/C19H19ClN4O3S/c1-11(2)16(25)21-15-9-5-13(6-10-15)18(27)23-24-19(28)22-17(26)12-3-7-14(20)8-4-12/h3-11H,1-2H3,(H,21,25)(H,23,27)(H2,22,24,26,28). The first-order chi connectivity index (χ1) is 13.3. The molecule has 9 heteroatoms. The molecule has 3 amide bonds. The van der Waals surface area contributed by atoms with Crippen molar-refractivity contribution in [2.24, 2.45) is 5.92 Å². The number of nitrogens with one attached hydrogen (secondary N) is 4. The number of hydrazine groups is 1. The van der Waals surface area contributed by atoms with Gasteiger partial charge in [0, 0.05) is 27.8 Å². The average molecular weight is 419 g/mol. The molecule has 146 valence electrons. The van der Waals surface area contributed by atoms with Gasteiger partial charge in [0.05, 0.1) is 0 Å². The van der Waals surface area contributed by atoms with Crippen molar-refractivity contribution in [1.29, 1.82) is 0 Å². The molecule has 4 N–H and O–H groups in total. The van der Waals surface area contributed by atoms with E-state index >= 15 is 0 Å². The van der Waals surface area contributed by atoms with Gasteiger partial charge >= 0.3 is 0 Å². The number of hydrogen-bond acceptors (Lipinski definition) is 4. The van der Waals surface area contributed by atoms with E-state index < -0.39 is 11.8 Å². The zero-order valence-corrected chi connectivity index (χ0v) is 16.8. The van der Waals surface area contributed by atoms with E-state index in [-0.39, 0.29) is 16.9 Å². The summed E-state index contributed by atoms with van der Waals surface area (Å²) in [5, 5.41) is 5.63. The zero-order chi connectivity index (χ0) is 20.7. The second-order valence-corrected chi connectivity index (χ2v) is 6.94. The first-order valence-corrected chi connectivity index (χ1v) is 9.13. The Morgan fingerprint density at radius 2 is 1.39 bits per heavy atom. The molecule has 0 unspecified atom stereocenters. The Hall–Kier alpha value is -2.97. The highest BCUT2D eigenvalue weighted by Gasteiger charge is 2.11. The van der Waals surface area contributed by atoms with E-state index in [2.05, 4.69) is 21.5 Å². The van der Waals surface area contributed by atoms with Crippen molar-refractivity contribution in [1.82, 2.24) is 16.2 Å². The van der Waals surface area contributed by atoms with Crippen LogP contribution in [0.25, 0.3) is 0 Å². The lowest BCUT2D eigenvalue weighted by Gasteiger charge is -2.11. The molecule has 7 nitrogen and oxygen atoms in total. The number of thiocarbonyl (C=S) groups is 1. The molecule has 0 aliphatic carbocycles. The van der Waals surface area contributed by atoms with Crippen LogP contribution in [0.15, 0.2) is 48.5 Å². The molecule has 0 aliphatic rings. The molecule has 0 aromatic heterocycles. The van der Waals surface area contributed by atoms with E-state index in [0.29, 0.717) is 21.8 Å². The minimum absolute atomic E-state index is 0.0610. The lowest BCUT2D eigenvalue weighted by atomic mass is 10.1. The highest BCUT2D eigenvalue weighted by atomic mass is 35.5. The Morgan fingerprint density at radius 1 is 0.857 bits per heavy atom. The minimum Gasteiger partial charge on any atom is -0.326 e. The van der Waals surface area contributed by atoms with Crippen LogP contribution in [0.1, 0.15) is 34.6 Å². The summed E-state index contributed by atoms with van der Waals surface area (Å²) in [6.07, 6.45) is 0. The van der Waals surface area contributed by atoms with Crippen molar-refractivity contribution >= 4 is 52.3 Å². The molecule has 0 radical (unpaired) electrons. The molecular formula is C19H19ClN4O3S. The predicted octanol–water partition coefficient (Wildman–Crippen LogP) is 2.88. The molecule has 2 aromatic carbocycles. The first kappa shape index (κ1) is 21.3. The van der Waals surface area contributed by atoms with Gasteiger partial charge in [-0.15, -0.1) is 0 Å². The van der Waals surface area contributed by atoms with Gasteiger partial charge in [-0.3, -0.25) is 30.6 Å². The van der Waals surface area contributed by atoms with Crippen molar-refractivity contribution in [2.45, 2.75) is 13.8 Å². The molecule has 2 rings (SSSR count). The van der Waals surface area contributed by atoms with Crippen LogP contribution in [0, 0.1) is 5.92 Å². The monoisotopic (exact) mass is 418 g/mol. The van der Waals surface area contributed by atoms with Crippen LogP contribution in [0.2, 0.25) is 5.02 Å². The molecule has 0 heterocycles. The molecule has 2 aromatic rings. The summed E-state index contributed by atoms with van der Waals surface area (Å²) in [6.45, 7) is 3.58. The van der Waals surface area contributed by atoms with E-state index in [4.69, 9.17) is 23.8 Å².